The standard InChI is InChI=1S/C28H26FN9.C28H28N10.C27H26N10/c1-35-17-22(15-33-35)21-12-24(27-25(13-30)28(31)34-38(27)18-21)20-4-7-26(32-14-20)37-10-8-36(9-11-37)16-19-2-5-23(29)6-3-19;1-19-15-36(18-23-5-3-4-8-31-23)9-10-37(19)26-7-6-20(13-32-26)24-11-21(22-14-33-35(2)16-22)17-38-27(24)25(12-29)28(30)34-38;1-34-17-22(15-32-34)21-12-23(26-24(13-28)27(29)33-37(26)18-21)20-2-3-25(31-14-20)36-10-8-35(9-11-36)16-19-4-6-30-7-5-19/h2-7,12,14-15,17-18H,8-11,16H2,1H3,(H2,31,34);3-8,11,13-14,16-17,19H,9-10,15,18H2,1-2H3,(H2,30,34);2-7,12,14-15,17-18H,8-11,16H2,1H3,(H2,29,33)/t;19-;/m.0./s1. The molecule has 3 saturated heterocycles. The minimum Gasteiger partial charge on any atom is -0.381 e. The third-order valence-electron chi connectivity index (χ3n) is 20.9. The van der Waals surface area contributed by atoms with Gasteiger partial charge in [0.05, 0.1) is 40.8 Å². The lowest BCUT2D eigenvalue weighted by molar-refractivity contribution is 0.218. The fourth-order valence-electron chi connectivity index (χ4n) is 15.0. The van der Waals surface area contributed by atoms with Gasteiger partial charge in [-0.3, -0.25) is 38.7 Å². The SMILES string of the molecule is C[C@H]1CN(Cc2ccccn2)CCN1c1ccc(-c2cc(-c3cnn(C)c3)cn3nc(N)c(C#N)c23)cn1.Cn1cc(-c2cc(-c3ccc(N4CCN(Cc5ccc(F)cc5)CC4)nc3)c3c(C#N)c(N)nn3c2)cn1.Cn1cc(-c2cc(-c3ccc(N4CCN(Cc5ccncc5)CC4)nc3)c3c(C#N)c(N)nn3c2)cn1. The summed E-state index contributed by atoms with van der Waals surface area (Å²) in [5.41, 5.74) is 35.6. The second kappa shape index (κ2) is 31.8. The monoisotopic (exact) mass is 1500 g/mol. The minimum absolute atomic E-state index is 0.195. The highest BCUT2D eigenvalue weighted by molar-refractivity contribution is 5.93. The van der Waals surface area contributed by atoms with Gasteiger partial charge < -0.3 is 31.9 Å². The van der Waals surface area contributed by atoms with Gasteiger partial charge in [0.2, 0.25) is 0 Å². The topological polar surface area (TPSA) is 339 Å². The van der Waals surface area contributed by atoms with Crippen molar-refractivity contribution in [2.24, 2.45) is 21.1 Å². The molecule has 0 aliphatic carbocycles. The molecule has 0 unspecified atom stereocenters. The molecule has 3 aliphatic heterocycles. The number of nitriles is 3. The normalized spacial score (nSPS) is 14.8. The number of nitrogens with zero attached hydrogens (tertiary/aromatic N) is 26. The zero-order chi connectivity index (χ0) is 77.8. The lowest BCUT2D eigenvalue weighted by Crippen LogP contribution is -2.51. The molecule has 113 heavy (non-hydrogen) atoms. The molecular formula is C83H80FN29. The number of piperazine rings is 3. The first-order chi connectivity index (χ1) is 55.1. The van der Waals surface area contributed by atoms with Gasteiger partial charge in [0.1, 0.15) is 58.2 Å². The zero-order valence-corrected chi connectivity index (χ0v) is 62.8. The maximum atomic E-state index is 13.2. The number of nitrogens with two attached hydrogens (primary N) is 3. The lowest BCUT2D eigenvalue weighted by Gasteiger charge is -2.40. The van der Waals surface area contributed by atoms with Crippen molar-refractivity contribution in [3.05, 3.63) is 241 Å². The van der Waals surface area contributed by atoms with Gasteiger partial charge in [-0.05, 0) is 109 Å². The molecule has 0 amide bonds. The average Bonchev–Trinajstić information content (AvgIpc) is 1.65. The van der Waals surface area contributed by atoms with Gasteiger partial charge in [-0.15, -0.1) is 15.3 Å². The lowest BCUT2D eigenvalue weighted by atomic mass is 10.0. The van der Waals surface area contributed by atoms with Crippen LogP contribution in [-0.2, 0) is 40.8 Å². The summed E-state index contributed by atoms with van der Waals surface area (Å²) < 4.78 is 23.5. The van der Waals surface area contributed by atoms with E-state index in [0.717, 1.165) is 187 Å². The Kier molecular flexibility index (Phi) is 20.5. The van der Waals surface area contributed by atoms with Crippen molar-refractivity contribution < 1.29 is 4.39 Å². The Morgan fingerprint density at radius 2 is 0.814 bits per heavy atom. The van der Waals surface area contributed by atoms with Crippen molar-refractivity contribution in [3.8, 4) is 85.0 Å². The molecule has 564 valence electrons. The molecule has 0 saturated carbocycles. The Morgan fingerprint density at radius 3 is 1.18 bits per heavy atom. The van der Waals surface area contributed by atoms with E-state index < -0.39 is 0 Å². The van der Waals surface area contributed by atoms with Gasteiger partial charge in [-0.2, -0.15) is 31.1 Å². The Labute approximate surface area is 650 Å². The Hall–Kier alpha value is -14.3. The maximum Gasteiger partial charge on any atom is 0.164 e. The van der Waals surface area contributed by atoms with Crippen molar-refractivity contribution in [2.75, 3.05) is 104 Å². The van der Waals surface area contributed by atoms with Crippen LogP contribution in [0.1, 0.15) is 40.4 Å². The molecule has 18 rings (SSSR count). The molecule has 0 radical (unpaired) electrons. The Balaban J connectivity index is 0.000000128. The van der Waals surface area contributed by atoms with Gasteiger partial charge in [0.25, 0.3) is 0 Å². The zero-order valence-electron chi connectivity index (χ0n) is 62.8. The van der Waals surface area contributed by atoms with Crippen LogP contribution in [0.4, 0.5) is 39.3 Å². The fraction of sp³-hybridized carbons (Fsp3) is 0.229. The van der Waals surface area contributed by atoms with E-state index in [2.05, 4.69) is 131 Å². The summed E-state index contributed by atoms with van der Waals surface area (Å²) in [7, 11) is 5.63. The number of rotatable bonds is 15. The van der Waals surface area contributed by atoms with Crippen LogP contribution in [0.3, 0.4) is 0 Å². The molecule has 1 atom stereocenters. The number of halogens is 1. The summed E-state index contributed by atoms with van der Waals surface area (Å²) >= 11 is 0. The highest BCUT2D eigenvalue weighted by atomic mass is 19.1. The third kappa shape index (κ3) is 15.6. The van der Waals surface area contributed by atoms with Crippen LogP contribution in [0.15, 0.2) is 202 Å². The summed E-state index contributed by atoms with van der Waals surface area (Å²) in [6.07, 6.45) is 27.9. The number of hydrogen-bond acceptors (Lipinski definition) is 23. The molecule has 14 aromatic heterocycles. The van der Waals surface area contributed by atoms with Gasteiger partial charge in [-0.1, -0.05) is 18.2 Å². The van der Waals surface area contributed by atoms with Crippen LogP contribution in [0.25, 0.3) is 83.3 Å². The highest BCUT2D eigenvalue weighted by Gasteiger charge is 2.28. The predicted molar refractivity (Wildman–Crippen MR) is 431 cm³/mol. The van der Waals surface area contributed by atoms with E-state index in [1.165, 1.54) is 17.7 Å². The number of hydrogen-bond donors (Lipinski definition) is 3. The second-order valence-electron chi connectivity index (χ2n) is 28.5. The first-order valence-corrected chi connectivity index (χ1v) is 37.1. The molecule has 30 heteroatoms. The van der Waals surface area contributed by atoms with Crippen LogP contribution in [0.2, 0.25) is 0 Å². The van der Waals surface area contributed by atoms with Crippen molar-refractivity contribution in [1.82, 2.24) is 97.8 Å². The largest absolute Gasteiger partial charge is 0.381 e. The number of benzene rings is 1. The van der Waals surface area contributed by atoms with E-state index in [-0.39, 0.29) is 23.3 Å². The van der Waals surface area contributed by atoms with Crippen LogP contribution in [0.5, 0.6) is 0 Å². The summed E-state index contributed by atoms with van der Waals surface area (Å²) in [6, 6.07) is 42.2. The van der Waals surface area contributed by atoms with Crippen molar-refractivity contribution in [1.29, 1.82) is 15.8 Å². The molecule has 3 aliphatic rings. The van der Waals surface area contributed by atoms with Crippen LogP contribution in [0, 0.1) is 39.8 Å². The number of anilines is 6. The third-order valence-corrected chi connectivity index (χ3v) is 20.9. The molecule has 0 bridgehead atoms. The van der Waals surface area contributed by atoms with Gasteiger partial charge in [0, 0.05) is 260 Å². The van der Waals surface area contributed by atoms with Gasteiger partial charge in [0.15, 0.2) is 17.5 Å². The van der Waals surface area contributed by atoms with Crippen LogP contribution >= 0.6 is 0 Å². The average molecular weight is 1500 g/mol. The predicted octanol–water partition coefficient (Wildman–Crippen LogP) is 10.0. The maximum absolute atomic E-state index is 13.2. The van der Waals surface area contributed by atoms with Crippen molar-refractivity contribution >= 4 is 51.5 Å². The molecule has 6 N–H and O–H groups in total. The molecule has 1 aromatic carbocycles. The minimum atomic E-state index is -0.210. The van der Waals surface area contributed by atoms with E-state index in [4.69, 9.17) is 32.2 Å². The molecule has 15 aromatic rings. The van der Waals surface area contributed by atoms with Crippen LogP contribution in [-0.4, -0.2) is 176 Å². The summed E-state index contributed by atoms with van der Waals surface area (Å²) in [4.78, 5) is 37.2. The summed E-state index contributed by atoms with van der Waals surface area (Å²) in [5.74, 6) is 3.19. The Morgan fingerprint density at radius 1 is 0.407 bits per heavy atom. The first-order valence-electron chi connectivity index (χ1n) is 37.1. The van der Waals surface area contributed by atoms with E-state index in [1.807, 2.05) is 156 Å². The number of nitrogen functional groups attached to an aromatic ring is 3. The highest BCUT2D eigenvalue weighted by Crippen LogP contribution is 2.38. The number of pyridine rings is 8. The number of aryl methyl sites for hydroxylation is 3. The molecule has 17 heterocycles. The molecule has 3 fully saturated rings. The van der Waals surface area contributed by atoms with E-state index in [0.29, 0.717) is 39.3 Å². The number of fused-ring (bicyclic) bond motifs is 3. The van der Waals surface area contributed by atoms with E-state index in [9.17, 15) is 20.2 Å². The van der Waals surface area contributed by atoms with Gasteiger partial charge in [-0.25, -0.2) is 32.9 Å². The van der Waals surface area contributed by atoms with E-state index in [1.54, 1.807) is 46.2 Å². The molecule has 0 spiro atoms. The smallest absolute Gasteiger partial charge is 0.164 e. The van der Waals surface area contributed by atoms with Gasteiger partial charge >= 0.3 is 0 Å². The molecule has 29 nitrogen and oxygen atoms in total. The number of aromatic nitrogens is 17. The summed E-state index contributed by atoms with van der Waals surface area (Å²) in [6.45, 7) is 14.9. The van der Waals surface area contributed by atoms with Crippen molar-refractivity contribution in [3.63, 3.8) is 0 Å². The molecular weight excluding hydrogens is 1420 g/mol. The van der Waals surface area contributed by atoms with Crippen LogP contribution < -0.4 is 31.9 Å². The quantitative estimate of drug-likeness (QED) is 0.0859. The first kappa shape index (κ1) is 72.9. The summed E-state index contributed by atoms with van der Waals surface area (Å²) in [5, 5.41) is 55.4. The van der Waals surface area contributed by atoms with E-state index >= 15 is 0 Å². The Bertz CT molecular complexity index is 6030. The fourth-order valence-corrected chi connectivity index (χ4v) is 15.0. The van der Waals surface area contributed by atoms with Crippen molar-refractivity contribution in [2.45, 2.75) is 32.6 Å². The second-order valence-corrected chi connectivity index (χ2v) is 28.5.